The van der Waals surface area contributed by atoms with Crippen LogP contribution in [0.15, 0.2) is 0 Å². The van der Waals surface area contributed by atoms with E-state index in [2.05, 4.69) is 42.0 Å². The Hall–Kier alpha value is 0.440. The van der Waals surface area contributed by atoms with E-state index in [1.165, 1.54) is 38.5 Å². The van der Waals surface area contributed by atoms with E-state index in [9.17, 15) is 0 Å². The molecule has 0 radical (unpaired) electrons. The van der Waals surface area contributed by atoms with Gasteiger partial charge < -0.3 is 5.32 Å². The highest BCUT2D eigenvalue weighted by molar-refractivity contribution is 9.09. The van der Waals surface area contributed by atoms with E-state index < -0.39 is 0 Å². The number of nitrogens with one attached hydrogen (secondary N) is 1. The summed E-state index contributed by atoms with van der Waals surface area (Å²) in [7, 11) is 0. The van der Waals surface area contributed by atoms with Crippen LogP contribution in [-0.2, 0) is 0 Å². The Morgan fingerprint density at radius 2 is 1.86 bits per heavy atom. The van der Waals surface area contributed by atoms with Crippen LogP contribution < -0.4 is 5.32 Å². The topological polar surface area (TPSA) is 12.0 Å². The van der Waals surface area contributed by atoms with Crippen molar-refractivity contribution in [3.8, 4) is 0 Å². The molecule has 0 amide bonds. The summed E-state index contributed by atoms with van der Waals surface area (Å²) in [5.41, 5.74) is 0. The van der Waals surface area contributed by atoms with Crippen LogP contribution in [0, 0.1) is 0 Å². The second-order valence-corrected chi connectivity index (χ2v) is 5.46. The second kappa shape index (κ2) is 9.97. The van der Waals surface area contributed by atoms with Gasteiger partial charge in [-0.1, -0.05) is 55.5 Å². The number of unbranched alkanes of at least 4 members (excludes halogenated alkanes) is 3. The van der Waals surface area contributed by atoms with Gasteiger partial charge in [-0.25, -0.2) is 0 Å². The van der Waals surface area contributed by atoms with Crippen molar-refractivity contribution in [2.75, 3.05) is 6.54 Å². The minimum Gasteiger partial charge on any atom is -0.313 e. The van der Waals surface area contributed by atoms with Crippen LogP contribution in [0.1, 0.15) is 59.3 Å². The second-order valence-electron chi connectivity index (χ2n) is 4.16. The van der Waals surface area contributed by atoms with E-state index in [4.69, 9.17) is 0 Å². The van der Waals surface area contributed by atoms with Crippen LogP contribution in [0.5, 0.6) is 0 Å². The summed E-state index contributed by atoms with van der Waals surface area (Å²) in [4.78, 5) is 0.661. The fraction of sp³-hybridized carbons (Fsp3) is 1.00. The summed E-state index contributed by atoms with van der Waals surface area (Å²) in [5, 5.41) is 3.53. The molecule has 2 atom stereocenters. The van der Waals surface area contributed by atoms with Crippen LogP contribution in [0.4, 0.5) is 0 Å². The Morgan fingerprint density at radius 1 is 1.14 bits per heavy atom. The smallest absolute Gasteiger partial charge is 0.0270 e. The normalized spacial score (nSPS) is 15.4. The quantitative estimate of drug-likeness (QED) is 0.488. The first-order valence-electron chi connectivity index (χ1n) is 6.08. The molecule has 1 nitrogen and oxygen atoms in total. The maximum Gasteiger partial charge on any atom is 0.0270 e. The molecule has 0 aromatic heterocycles. The zero-order valence-corrected chi connectivity index (χ0v) is 11.6. The number of hydrogen-bond acceptors (Lipinski definition) is 1. The van der Waals surface area contributed by atoms with E-state index in [1.807, 2.05) is 0 Å². The number of halogens is 1. The SMILES string of the molecule is CCCCCCC(Br)CNC(C)CC. The molecule has 0 saturated heterocycles. The molecule has 0 aliphatic rings. The lowest BCUT2D eigenvalue weighted by Crippen LogP contribution is -2.30. The highest BCUT2D eigenvalue weighted by Gasteiger charge is 2.05. The van der Waals surface area contributed by atoms with Crippen molar-refractivity contribution in [3.05, 3.63) is 0 Å². The van der Waals surface area contributed by atoms with E-state index in [0.29, 0.717) is 10.9 Å². The molecule has 2 unspecified atom stereocenters. The summed E-state index contributed by atoms with van der Waals surface area (Å²) >= 11 is 3.73. The first-order valence-corrected chi connectivity index (χ1v) is 6.99. The predicted octanol–water partition coefficient (Wildman–Crippen LogP) is 4.11. The zero-order chi connectivity index (χ0) is 10.8. The molecule has 0 aliphatic carbocycles. The Morgan fingerprint density at radius 3 is 2.43 bits per heavy atom. The van der Waals surface area contributed by atoms with Gasteiger partial charge in [-0.2, -0.15) is 0 Å². The van der Waals surface area contributed by atoms with Gasteiger partial charge in [-0.3, -0.25) is 0 Å². The molecule has 0 aliphatic heterocycles. The first-order chi connectivity index (χ1) is 6.70. The summed E-state index contributed by atoms with van der Waals surface area (Å²) in [5.74, 6) is 0. The molecule has 0 spiro atoms. The van der Waals surface area contributed by atoms with Crippen molar-refractivity contribution >= 4 is 15.9 Å². The maximum absolute atomic E-state index is 3.73. The standard InChI is InChI=1S/C12H26BrN/c1-4-6-7-8-9-12(13)10-14-11(3)5-2/h11-12,14H,4-10H2,1-3H3. The Balaban J connectivity index is 3.23. The molecule has 14 heavy (non-hydrogen) atoms. The van der Waals surface area contributed by atoms with Gasteiger partial charge in [0.25, 0.3) is 0 Å². The molecular formula is C12H26BrN. The molecular weight excluding hydrogens is 238 g/mol. The maximum atomic E-state index is 3.73. The zero-order valence-electron chi connectivity index (χ0n) is 9.98. The average molecular weight is 264 g/mol. The average Bonchev–Trinajstić information content (AvgIpc) is 2.21. The van der Waals surface area contributed by atoms with Gasteiger partial charge >= 0.3 is 0 Å². The van der Waals surface area contributed by atoms with Crippen molar-refractivity contribution in [3.63, 3.8) is 0 Å². The molecule has 0 saturated carbocycles. The fourth-order valence-electron chi connectivity index (χ4n) is 1.37. The van der Waals surface area contributed by atoms with Crippen LogP contribution >= 0.6 is 15.9 Å². The predicted molar refractivity (Wildman–Crippen MR) is 69.2 cm³/mol. The van der Waals surface area contributed by atoms with Gasteiger partial charge in [0.15, 0.2) is 0 Å². The van der Waals surface area contributed by atoms with Crippen molar-refractivity contribution < 1.29 is 0 Å². The van der Waals surface area contributed by atoms with E-state index in [1.54, 1.807) is 0 Å². The molecule has 0 aromatic carbocycles. The van der Waals surface area contributed by atoms with E-state index in [-0.39, 0.29) is 0 Å². The van der Waals surface area contributed by atoms with Gasteiger partial charge in [0.05, 0.1) is 0 Å². The Kier molecular flexibility index (Phi) is 10.3. The third kappa shape index (κ3) is 9.01. The number of rotatable bonds is 9. The van der Waals surface area contributed by atoms with Crippen LogP contribution in [0.25, 0.3) is 0 Å². The molecule has 0 bridgehead atoms. The Labute approximate surface area is 98.2 Å². The van der Waals surface area contributed by atoms with Gasteiger partial charge in [0, 0.05) is 17.4 Å². The van der Waals surface area contributed by atoms with E-state index >= 15 is 0 Å². The van der Waals surface area contributed by atoms with Gasteiger partial charge in [-0.05, 0) is 19.8 Å². The van der Waals surface area contributed by atoms with Gasteiger partial charge in [-0.15, -0.1) is 0 Å². The van der Waals surface area contributed by atoms with Crippen molar-refractivity contribution in [2.45, 2.75) is 70.2 Å². The monoisotopic (exact) mass is 263 g/mol. The summed E-state index contributed by atoms with van der Waals surface area (Å²) < 4.78 is 0. The van der Waals surface area contributed by atoms with Crippen LogP contribution in [0.2, 0.25) is 0 Å². The summed E-state index contributed by atoms with van der Waals surface area (Å²) in [6.45, 7) is 7.84. The lowest BCUT2D eigenvalue weighted by Gasteiger charge is -2.15. The minimum atomic E-state index is 0.658. The lowest BCUT2D eigenvalue weighted by molar-refractivity contribution is 0.514. The number of hydrogen-bond donors (Lipinski definition) is 1. The minimum absolute atomic E-state index is 0.658. The lowest BCUT2D eigenvalue weighted by atomic mass is 10.1. The van der Waals surface area contributed by atoms with Crippen LogP contribution in [-0.4, -0.2) is 17.4 Å². The number of alkyl halides is 1. The molecule has 0 heterocycles. The van der Waals surface area contributed by atoms with Crippen molar-refractivity contribution in [1.82, 2.24) is 5.32 Å². The van der Waals surface area contributed by atoms with E-state index in [0.717, 1.165) is 6.54 Å². The molecule has 0 fully saturated rings. The molecule has 1 N–H and O–H groups in total. The Bertz CT molecular complexity index is 117. The highest BCUT2D eigenvalue weighted by atomic mass is 79.9. The largest absolute Gasteiger partial charge is 0.313 e. The molecule has 86 valence electrons. The fourth-order valence-corrected chi connectivity index (χ4v) is 1.88. The van der Waals surface area contributed by atoms with Gasteiger partial charge in [0.1, 0.15) is 0 Å². The van der Waals surface area contributed by atoms with Crippen molar-refractivity contribution in [1.29, 1.82) is 0 Å². The summed E-state index contributed by atoms with van der Waals surface area (Å²) in [6.07, 6.45) is 8.00. The summed E-state index contributed by atoms with van der Waals surface area (Å²) in [6, 6.07) is 0.658. The third-order valence-corrected chi connectivity index (χ3v) is 3.45. The first kappa shape index (κ1) is 14.4. The molecule has 0 rings (SSSR count). The highest BCUT2D eigenvalue weighted by Crippen LogP contribution is 2.11. The third-order valence-electron chi connectivity index (χ3n) is 2.67. The van der Waals surface area contributed by atoms with Gasteiger partial charge in [0.2, 0.25) is 0 Å². The van der Waals surface area contributed by atoms with Crippen molar-refractivity contribution in [2.24, 2.45) is 0 Å². The molecule has 2 heteroatoms. The molecule has 0 aromatic rings. The van der Waals surface area contributed by atoms with Crippen LogP contribution in [0.3, 0.4) is 0 Å².